The molecule has 1 heterocycles. The van der Waals surface area contributed by atoms with Crippen LogP contribution < -0.4 is 5.32 Å². The maximum Gasteiger partial charge on any atom is 0.273 e. The summed E-state index contributed by atoms with van der Waals surface area (Å²) in [5, 5.41) is 4.45. The summed E-state index contributed by atoms with van der Waals surface area (Å²) in [6.07, 6.45) is 0.578. The van der Waals surface area contributed by atoms with Gasteiger partial charge in [0.25, 0.3) is 5.91 Å². The van der Waals surface area contributed by atoms with E-state index in [1.165, 1.54) is 16.2 Å². The van der Waals surface area contributed by atoms with E-state index in [1.54, 1.807) is 5.38 Å². The summed E-state index contributed by atoms with van der Waals surface area (Å²) in [4.78, 5) is 30.8. The number of carbonyl (C=O) groups excluding carboxylic acids is 2. The first-order chi connectivity index (χ1) is 14.4. The molecule has 0 fully saturated rings. The number of aromatic nitrogens is 1. The SMILES string of the molecule is CCCN(CC(=O)Nc1ccc(F)c(F)c1F)C(=O)c1csc(-c2ccccc2)n1. The molecular formula is C21H18F3N3O2S. The van der Waals surface area contributed by atoms with Crippen molar-refractivity contribution in [2.75, 3.05) is 18.4 Å². The van der Waals surface area contributed by atoms with E-state index < -0.39 is 35.0 Å². The molecule has 2 amide bonds. The van der Waals surface area contributed by atoms with Gasteiger partial charge in [0, 0.05) is 17.5 Å². The van der Waals surface area contributed by atoms with Gasteiger partial charge in [0.05, 0.1) is 5.69 Å². The van der Waals surface area contributed by atoms with Crippen LogP contribution in [-0.4, -0.2) is 34.8 Å². The van der Waals surface area contributed by atoms with Gasteiger partial charge in [0.15, 0.2) is 17.5 Å². The molecule has 1 N–H and O–H groups in total. The summed E-state index contributed by atoms with van der Waals surface area (Å²) >= 11 is 1.31. The molecule has 9 heteroatoms. The number of benzene rings is 2. The van der Waals surface area contributed by atoms with Gasteiger partial charge in [-0.2, -0.15) is 0 Å². The number of anilines is 1. The maximum atomic E-state index is 13.8. The zero-order chi connectivity index (χ0) is 21.7. The standard InChI is InChI=1S/C21H18F3N3O2S/c1-2-10-27(11-17(28)25-15-9-8-14(22)18(23)19(15)24)21(29)16-12-30-20(26-16)13-6-4-3-5-7-13/h3-9,12H,2,10-11H2,1H3,(H,25,28). The molecule has 0 aliphatic carbocycles. The molecule has 0 aliphatic heterocycles. The van der Waals surface area contributed by atoms with Crippen molar-refractivity contribution in [3.05, 3.63) is 71.0 Å². The lowest BCUT2D eigenvalue weighted by Crippen LogP contribution is -2.38. The molecule has 156 valence electrons. The number of amides is 2. The fourth-order valence-electron chi connectivity index (χ4n) is 2.76. The molecular weight excluding hydrogens is 415 g/mol. The third-order valence-corrected chi connectivity index (χ3v) is 5.06. The number of carbonyl (C=O) groups is 2. The normalized spacial score (nSPS) is 10.7. The van der Waals surface area contributed by atoms with Crippen molar-refractivity contribution in [3.63, 3.8) is 0 Å². The van der Waals surface area contributed by atoms with E-state index >= 15 is 0 Å². The Morgan fingerprint density at radius 1 is 1.07 bits per heavy atom. The van der Waals surface area contributed by atoms with Gasteiger partial charge >= 0.3 is 0 Å². The molecule has 0 atom stereocenters. The Bertz CT molecular complexity index is 1060. The van der Waals surface area contributed by atoms with Crippen molar-refractivity contribution in [1.29, 1.82) is 0 Å². The van der Waals surface area contributed by atoms with Crippen LogP contribution in [-0.2, 0) is 4.79 Å². The van der Waals surface area contributed by atoms with Crippen molar-refractivity contribution >= 4 is 28.8 Å². The first-order valence-electron chi connectivity index (χ1n) is 9.14. The van der Waals surface area contributed by atoms with E-state index in [9.17, 15) is 22.8 Å². The van der Waals surface area contributed by atoms with E-state index in [2.05, 4.69) is 10.3 Å². The van der Waals surface area contributed by atoms with Gasteiger partial charge in [0.2, 0.25) is 5.91 Å². The molecule has 0 unspecified atom stereocenters. The molecule has 0 radical (unpaired) electrons. The zero-order valence-electron chi connectivity index (χ0n) is 16.0. The Balaban J connectivity index is 1.72. The Morgan fingerprint density at radius 2 is 1.80 bits per heavy atom. The largest absolute Gasteiger partial charge is 0.328 e. The van der Waals surface area contributed by atoms with Crippen molar-refractivity contribution < 1.29 is 22.8 Å². The molecule has 2 aromatic carbocycles. The fraction of sp³-hybridized carbons (Fsp3) is 0.190. The van der Waals surface area contributed by atoms with Crippen LogP contribution in [0.1, 0.15) is 23.8 Å². The van der Waals surface area contributed by atoms with Gasteiger partial charge in [-0.3, -0.25) is 9.59 Å². The van der Waals surface area contributed by atoms with E-state index in [0.29, 0.717) is 17.5 Å². The summed E-state index contributed by atoms with van der Waals surface area (Å²) < 4.78 is 40.2. The van der Waals surface area contributed by atoms with Gasteiger partial charge in [-0.25, -0.2) is 18.2 Å². The lowest BCUT2D eigenvalue weighted by atomic mass is 10.2. The Hall–Kier alpha value is -3.20. The average molecular weight is 433 g/mol. The molecule has 3 rings (SSSR count). The molecule has 3 aromatic rings. The highest BCUT2D eigenvalue weighted by atomic mass is 32.1. The predicted molar refractivity (Wildman–Crippen MR) is 109 cm³/mol. The monoisotopic (exact) mass is 433 g/mol. The summed E-state index contributed by atoms with van der Waals surface area (Å²) in [7, 11) is 0. The lowest BCUT2D eigenvalue weighted by molar-refractivity contribution is -0.116. The smallest absolute Gasteiger partial charge is 0.273 e. The molecule has 0 saturated heterocycles. The number of hydrogen-bond acceptors (Lipinski definition) is 4. The minimum absolute atomic E-state index is 0.194. The van der Waals surface area contributed by atoms with E-state index in [0.717, 1.165) is 11.6 Å². The number of thiazole rings is 1. The summed E-state index contributed by atoms with van der Waals surface area (Å²) in [5.41, 5.74) is 0.567. The Morgan fingerprint density at radius 3 is 2.50 bits per heavy atom. The van der Waals surface area contributed by atoms with Crippen LogP contribution >= 0.6 is 11.3 Å². The molecule has 0 saturated carbocycles. The first-order valence-corrected chi connectivity index (χ1v) is 10.0. The maximum absolute atomic E-state index is 13.8. The van der Waals surface area contributed by atoms with Crippen molar-refractivity contribution in [2.24, 2.45) is 0 Å². The first kappa shape index (κ1) is 21.5. The van der Waals surface area contributed by atoms with Crippen LogP contribution in [0, 0.1) is 17.5 Å². The molecule has 0 aliphatic rings. The number of rotatable bonds is 7. The second-order valence-electron chi connectivity index (χ2n) is 6.40. The molecule has 1 aromatic heterocycles. The second-order valence-corrected chi connectivity index (χ2v) is 7.26. The topological polar surface area (TPSA) is 62.3 Å². The van der Waals surface area contributed by atoms with E-state index in [4.69, 9.17) is 0 Å². The van der Waals surface area contributed by atoms with E-state index in [1.807, 2.05) is 37.3 Å². The average Bonchev–Trinajstić information content (AvgIpc) is 3.24. The highest BCUT2D eigenvalue weighted by molar-refractivity contribution is 7.13. The van der Waals surface area contributed by atoms with Gasteiger partial charge in [-0.05, 0) is 18.6 Å². The third-order valence-electron chi connectivity index (χ3n) is 4.17. The van der Waals surface area contributed by atoms with Crippen LogP contribution in [0.5, 0.6) is 0 Å². The highest BCUT2D eigenvalue weighted by Crippen LogP contribution is 2.24. The third kappa shape index (κ3) is 4.85. The lowest BCUT2D eigenvalue weighted by Gasteiger charge is -2.20. The second kappa shape index (κ2) is 9.53. The number of nitrogens with zero attached hydrogens (tertiary/aromatic N) is 2. The van der Waals surface area contributed by atoms with Gasteiger partial charge < -0.3 is 10.2 Å². The minimum Gasteiger partial charge on any atom is -0.328 e. The zero-order valence-corrected chi connectivity index (χ0v) is 16.8. The van der Waals surface area contributed by atoms with Crippen molar-refractivity contribution in [3.8, 4) is 10.6 Å². The molecule has 30 heavy (non-hydrogen) atoms. The number of nitrogens with one attached hydrogen (secondary N) is 1. The quantitative estimate of drug-likeness (QED) is 0.549. The highest BCUT2D eigenvalue weighted by Gasteiger charge is 2.22. The van der Waals surface area contributed by atoms with Gasteiger partial charge in [-0.15, -0.1) is 11.3 Å². The van der Waals surface area contributed by atoms with Crippen molar-refractivity contribution in [1.82, 2.24) is 9.88 Å². The molecule has 0 bridgehead atoms. The molecule has 5 nitrogen and oxygen atoms in total. The summed E-state index contributed by atoms with van der Waals surface area (Å²) in [6.45, 7) is 1.72. The Labute approximate surface area is 175 Å². The van der Waals surface area contributed by atoms with E-state index in [-0.39, 0.29) is 18.8 Å². The fourth-order valence-corrected chi connectivity index (χ4v) is 3.56. The van der Waals surface area contributed by atoms with Crippen LogP contribution in [0.25, 0.3) is 10.6 Å². The number of halogens is 3. The van der Waals surface area contributed by atoms with Crippen LogP contribution in [0.4, 0.5) is 18.9 Å². The minimum atomic E-state index is -1.68. The van der Waals surface area contributed by atoms with Crippen LogP contribution in [0.3, 0.4) is 0 Å². The summed E-state index contributed by atoms with van der Waals surface area (Å²) in [5.74, 6) is -5.71. The van der Waals surface area contributed by atoms with Gasteiger partial charge in [-0.1, -0.05) is 37.3 Å². The predicted octanol–water partition coefficient (Wildman–Crippen LogP) is 4.72. The molecule has 0 spiro atoms. The number of hydrogen-bond donors (Lipinski definition) is 1. The Kier molecular flexibility index (Phi) is 6.83. The van der Waals surface area contributed by atoms with Crippen LogP contribution in [0.15, 0.2) is 47.8 Å². The van der Waals surface area contributed by atoms with Gasteiger partial charge in [0.1, 0.15) is 17.2 Å². The van der Waals surface area contributed by atoms with Crippen LogP contribution in [0.2, 0.25) is 0 Å². The van der Waals surface area contributed by atoms with Crippen molar-refractivity contribution in [2.45, 2.75) is 13.3 Å². The summed E-state index contributed by atoms with van der Waals surface area (Å²) in [6, 6.07) is 11.0.